The Morgan fingerprint density at radius 1 is 0.730 bits per heavy atom. The first kappa shape index (κ1) is 22.7. The van der Waals surface area contributed by atoms with Gasteiger partial charge in [-0.15, -0.1) is 0 Å². The van der Waals surface area contributed by atoms with E-state index in [0.29, 0.717) is 0 Å². The van der Waals surface area contributed by atoms with E-state index in [0.717, 1.165) is 40.6 Å². The Bertz CT molecular complexity index is 1550. The fourth-order valence-corrected chi connectivity index (χ4v) is 4.75. The lowest BCUT2D eigenvalue weighted by Crippen LogP contribution is -2.15. The summed E-state index contributed by atoms with van der Waals surface area (Å²) in [6.45, 7) is 2.02. The SMILES string of the molecule is Cc1nn(-c2ccccc2)c2c1N=C(/C=C/c1ccccc1)C[C@H](c1ccc(-c3ccccc3)cc1)N2. The third-order valence-electron chi connectivity index (χ3n) is 6.70. The summed E-state index contributed by atoms with van der Waals surface area (Å²) in [5, 5.41) is 8.66. The number of para-hydroxylation sites is 1. The predicted octanol–water partition coefficient (Wildman–Crippen LogP) is 8.19. The van der Waals surface area contributed by atoms with Crippen LogP contribution in [-0.4, -0.2) is 15.5 Å². The van der Waals surface area contributed by atoms with Crippen molar-refractivity contribution in [2.75, 3.05) is 5.32 Å². The van der Waals surface area contributed by atoms with Crippen molar-refractivity contribution in [2.24, 2.45) is 4.99 Å². The normalized spacial score (nSPS) is 15.1. The Morgan fingerprint density at radius 2 is 1.35 bits per heavy atom. The Morgan fingerprint density at radius 3 is 2.05 bits per heavy atom. The molecule has 4 heteroatoms. The average Bonchev–Trinajstić information content (AvgIpc) is 3.14. The van der Waals surface area contributed by atoms with Crippen molar-refractivity contribution >= 4 is 23.3 Å². The molecule has 0 unspecified atom stereocenters. The lowest BCUT2D eigenvalue weighted by molar-refractivity contribution is 0.790. The van der Waals surface area contributed by atoms with Crippen LogP contribution in [0.15, 0.2) is 126 Å². The molecule has 180 valence electrons. The number of anilines is 1. The van der Waals surface area contributed by atoms with E-state index < -0.39 is 0 Å². The van der Waals surface area contributed by atoms with Gasteiger partial charge in [0.1, 0.15) is 5.69 Å². The van der Waals surface area contributed by atoms with Crippen LogP contribution in [0.1, 0.15) is 29.3 Å². The second-order valence-electron chi connectivity index (χ2n) is 9.27. The zero-order chi connectivity index (χ0) is 25.0. The largest absolute Gasteiger partial charge is 0.361 e. The number of aromatic nitrogens is 2. The van der Waals surface area contributed by atoms with E-state index in [1.54, 1.807) is 0 Å². The van der Waals surface area contributed by atoms with Crippen molar-refractivity contribution in [2.45, 2.75) is 19.4 Å². The van der Waals surface area contributed by atoms with Crippen molar-refractivity contribution in [1.29, 1.82) is 0 Å². The molecule has 1 aromatic heterocycles. The van der Waals surface area contributed by atoms with Gasteiger partial charge in [-0.3, -0.25) is 0 Å². The van der Waals surface area contributed by atoms with Gasteiger partial charge in [0.15, 0.2) is 5.82 Å². The molecule has 1 atom stereocenters. The number of aryl methyl sites for hydroxylation is 1. The minimum atomic E-state index is 0.0452. The van der Waals surface area contributed by atoms with Crippen LogP contribution in [0.3, 0.4) is 0 Å². The van der Waals surface area contributed by atoms with Gasteiger partial charge in [-0.05, 0) is 47.4 Å². The number of aliphatic imine (C=N–C) groups is 1. The van der Waals surface area contributed by atoms with Crippen LogP contribution in [0.25, 0.3) is 22.9 Å². The number of allylic oxidation sites excluding steroid dienone is 1. The summed E-state index contributed by atoms with van der Waals surface area (Å²) in [5.41, 5.74) is 8.61. The summed E-state index contributed by atoms with van der Waals surface area (Å²) in [6.07, 6.45) is 5.03. The number of benzene rings is 4. The van der Waals surface area contributed by atoms with Crippen LogP contribution in [0.2, 0.25) is 0 Å². The monoisotopic (exact) mass is 480 g/mol. The maximum absolute atomic E-state index is 5.12. The summed E-state index contributed by atoms with van der Waals surface area (Å²) < 4.78 is 1.98. The van der Waals surface area contributed by atoms with Gasteiger partial charge in [-0.25, -0.2) is 9.67 Å². The maximum atomic E-state index is 5.12. The minimum Gasteiger partial charge on any atom is -0.361 e. The van der Waals surface area contributed by atoms with Crippen LogP contribution >= 0.6 is 0 Å². The third-order valence-corrected chi connectivity index (χ3v) is 6.70. The Labute approximate surface area is 217 Å². The highest BCUT2D eigenvalue weighted by Crippen LogP contribution is 2.38. The van der Waals surface area contributed by atoms with Gasteiger partial charge in [0.2, 0.25) is 0 Å². The van der Waals surface area contributed by atoms with E-state index in [9.17, 15) is 0 Å². The Kier molecular flexibility index (Phi) is 6.22. The van der Waals surface area contributed by atoms with Crippen LogP contribution in [0, 0.1) is 6.92 Å². The van der Waals surface area contributed by atoms with Crippen molar-refractivity contribution in [3.63, 3.8) is 0 Å². The van der Waals surface area contributed by atoms with Crippen LogP contribution in [0.4, 0.5) is 11.5 Å². The molecule has 0 spiro atoms. The summed E-state index contributed by atoms with van der Waals surface area (Å²) in [5.74, 6) is 0.920. The molecular weight excluding hydrogens is 452 g/mol. The highest BCUT2D eigenvalue weighted by atomic mass is 15.4. The van der Waals surface area contributed by atoms with E-state index in [1.165, 1.54) is 16.7 Å². The van der Waals surface area contributed by atoms with Crippen LogP contribution in [-0.2, 0) is 0 Å². The molecule has 5 aromatic rings. The van der Waals surface area contributed by atoms with E-state index in [2.05, 4.69) is 102 Å². The number of hydrogen-bond acceptors (Lipinski definition) is 3. The number of fused-ring (bicyclic) bond motifs is 1. The van der Waals surface area contributed by atoms with E-state index in [-0.39, 0.29) is 6.04 Å². The predicted molar refractivity (Wildman–Crippen MR) is 154 cm³/mol. The van der Waals surface area contributed by atoms with Crippen molar-refractivity contribution in [3.05, 3.63) is 138 Å². The molecule has 4 nitrogen and oxygen atoms in total. The number of hydrogen-bond donors (Lipinski definition) is 1. The molecule has 0 saturated heterocycles. The van der Waals surface area contributed by atoms with Crippen molar-refractivity contribution in [1.82, 2.24) is 9.78 Å². The van der Waals surface area contributed by atoms with E-state index >= 15 is 0 Å². The van der Waals surface area contributed by atoms with E-state index in [1.807, 2.05) is 41.9 Å². The summed E-state index contributed by atoms with van der Waals surface area (Å²) in [7, 11) is 0. The molecule has 0 amide bonds. The highest BCUT2D eigenvalue weighted by Gasteiger charge is 2.25. The molecule has 1 aliphatic rings. The molecule has 0 radical (unpaired) electrons. The van der Waals surface area contributed by atoms with Crippen LogP contribution < -0.4 is 5.32 Å². The molecule has 0 saturated carbocycles. The molecule has 6 rings (SSSR count). The summed E-state index contributed by atoms with van der Waals surface area (Å²) in [4.78, 5) is 5.12. The van der Waals surface area contributed by atoms with Crippen molar-refractivity contribution in [3.8, 4) is 16.8 Å². The summed E-state index contributed by atoms with van der Waals surface area (Å²) >= 11 is 0. The van der Waals surface area contributed by atoms with Gasteiger partial charge in [-0.1, -0.05) is 109 Å². The second-order valence-corrected chi connectivity index (χ2v) is 9.27. The first-order valence-corrected chi connectivity index (χ1v) is 12.6. The fraction of sp³-hybridized carbons (Fsp3) is 0.0909. The molecular formula is C33H28N4. The van der Waals surface area contributed by atoms with Gasteiger partial charge < -0.3 is 5.32 Å². The molecule has 0 fully saturated rings. The number of nitrogens with one attached hydrogen (secondary N) is 1. The lowest BCUT2D eigenvalue weighted by Gasteiger charge is -2.20. The van der Waals surface area contributed by atoms with Crippen LogP contribution in [0.5, 0.6) is 0 Å². The first-order chi connectivity index (χ1) is 18.2. The lowest BCUT2D eigenvalue weighted by atomic mass is 9.97. The molecule has 1 N–H and O–H groups in total. The summed E-state index contributed by atoms with van der Waals surface area (Å²) in [6, 6.07) is 40.0. The highest BCUT2D eigenvalue weighted by molar-refractivity contribution is 6.02. The smallest absolute Gasteiger partial charge is 0.156 e. The quantitative estimate of drug-likeness (QED) is 0.275. The number of nitrogens with zero attached hydrogens (tertiary/aromatic N) is 3. The molecule has 4 aromatic carbocycles. The van der Waals surface area contributed by atoms with Crippen molar-refractivity contribution < 1.29 is 0 Å². The average molecular weight is 481 g/mol. The zero-order valence-electron chi connectivity index (χ0n) is 20.8. The van der Waals surface area contributed by atoms with E-state index in [4.69, 9.17) is 10.1 Å². The standard InChI is InChI=1S/C33H28N4/c1-24-32-33(37(36-24)30-15-9-4-10-16-30)35-31(23-29(34-32)22-17-25-11-5-2-6-12-25)28-20-18-27(19-21-28)26-13-7-3-8-14-26/h2-22,31,35H,23H2,1H3/b22-17+/t31-/m1/s1. The van der Waals surface area contributed by atoms with Gasteiger partial charge in [0, 0.05) is 12.1 Å². The number of rotatable bonds is 5. The van der Waals surface area contributed by atoms with Gasteiger partial charge in [-0.2, -0.15) is 5.10 Å². The Hall–Kier alpha value is -4.70. The van der Waals surface area contributed by atoms with Gasteiger partial charge in [0.25, 0.3) is 0 Å². The second kappa shape index (κ2) is 10.1. The molecule has 0 bridgehead atoms. The zero-order valence-corrected chi connectivity index (χ0v) is 20.8. The van der Waals surface area contributed by atoms with Gasteiger partial charge in [0.05, 0.1) is 17.4 Å². The molecule has 1 aliphatic heterocycles. The fourth-order valence-electron chi connectivity index (χ4n) is 4.75. The van der Waals surface area contributed by atoms with Gasteiger partial charge >= 0.3 is 0 Å². The molecule has 0 aliphatic carbocycles. The first-order valence-electron chi connectivity index (χ1n) is 12.6. The third kappa shape index (κ3) is 4.87. The maximum Gasteiger partial charge on any atom is 0.156 e. The minimum absolute atomic E-state index is 0.0452. The molecule has 37 heavy (non-hydrogen) atoms. The topological polar surface area (TPSA) is 42.2 Å². The molecule has 2 heterocycles. The Balaban J connectivity index is 1.41.